The van der Waals surface area contributed by atoms with Crippen molar-refractivity contribution in [3.05, 3.63) is 77.7 Å². The molecule has 2 aromatic carbocycles. The van der Waals surface area contributed by atoms with Crippen LogP contribution in [0.25, 0.3) is 16.2 Å². The molecule has 0 spiro atoms. The van der Waals surface area contributed by atoms with E-state index < -0.39 is 11.7 Å². The summed E-state index contributed by atoms with van der Waals surface area (Å²) in [5.74, 6) is -1.22. The molecule has 0 unspecified atom stereocenters. The van der Waals surface area contributed by atoms with E-state index in [1.54, 1.807) is 23.5 Å². The summed E-state index contributed by atoms with van der Waals surface area (Å²) < 4.78 is 14.8. The van der Waals surface area contributed by atoms with Gasteiger partial charge in [0.2, 0.25) is 5.91 Å². The summed E-state index contributed by atoms with van der Waals surface area (Å²) in [6.07, 6.45) is 3.90. The number of aromatic nitrogens is 2. The predicted octanol–water partition coefficient (Wildman–Crippen LogP) is 3.57. The van der Waals surface area contributed by atoms with Crippen molar-refractivity contribution in [1.29, 1.82) is 0 Å². The molecule has 0 radical (unpaired) electrons. The molecule has 8 heteroatoms. The van der Waals surface area contributed by atoms with Crippen LogP contribution in [0.15, 0.2) is 66.3 Å². The Hall–Kier alpha value is -3.52. The van der Waals surface area contributed by atoms with Crippen LogP contribution in [0.3, 0.4) is 0 Å². The minimum atomic E-state index is -0.440. The average molecular weight is 394 g/mol. The Bertz CT molecular complexity index is 1100. The van der Waals surface area contributed by atoms with Gasteiger partial charge in [0.25, 0.3) is 5.91 Å². The van der Waals surface area contributed by atoms with E-state index in [-0.39, 0.29) is 12.5 Å². The summed E-state index contributed by atoms with van der Waals surface area (Å²) in [4.78, 5) is 29.4. The normalized spacial score (nSPS) is 10.8. The largest absolute Gasteiger partial charge is 0.343 e. The van der Waals surface area contributed by atoms with Gasteiger partial charge in [0.15, 0.2) is 4.96 Å². The van der Waals surface area contributed by atoms with Crippen molar-refractivity contribution in [1.82, 2.24) is 14.7 Å². The molecule has 2 amide bonds. The number of hydrogen-bond acceptors (Lipinski definition) is 4. The third-order valence-electron chi connectivity index (χ3n) is 4.07. The second-order valence-electron chi connectivity index (χ2n) is 6.03. The van der Waals surface area contributed by atoms with Gasteiger partial charge in [0.05, 0.1) is 12.2 Å². The Labute approximate surface area is 163 Å². The topological polar surface area (TPSA) is 75.5 Å². The number of anilines is 1. The van der Waals surface area contributed by atoms with Gasteiger partial charge in [-0.2, -0.15) is 0 Å². The number of carbonyl (C=O) groups excluding carboxylic acids is 2. The molecule has 0 saturated heterocycles. The van der Waals surface area contributed by atoms with Crippen LogP contribution < -0.4 is 10.6 Å². The van der Waals surface area contributed by atoms with Gasteiger partial charge in [-0.25, -0.2) is 9.37 Å². The molecule has 0 fully saturated rings. The highest BCUT2D eigenvalue weighted by atomic mass is 32.1. The molecule has 4 aromatic rings. The van der Waals surface area contributed by atoms with E-state index in [0.717, 1.165) is 16.2 Å². The van der Waals surface area contributed by atoms with Crippen LogP contribution in [0.4, 0.5) is 10.1 Å². The van der Waals surface area contributed by atoms with Crippen molar-refractivity contribution in [3.8, 4) is 11.3 Å². The van der Waals surface area contributed by atoms with Crippen molar-refractivity contribution in [3.63, 3.8) is 0 Å². The molecule has 2 heterocycles. The number of hydrogen-bond donors (Lipinski definition) is 2. The van der Waals surface area contributed by atoms with E-state index in [4.69, 9.17) is 0 Å². The fraction of sp³-hybridized carbons (Fsp3) is 0.0500. The lowest BCUT2D eigenvalue weighted by molar-refractivity contribution is -0.115. The van der Waals surface area contributed by atoms with Crippen LogP contribution in [0.2, 0.25) is 0 Å². The van der Waals surface area contributed by atoms with Gasteiger partial charge in [-0.15, -0.1) is 11.3 Å². The van der Waals surface area contributed by atoms with E-state index in [2.05, 4.69) is 15.6 Å². The first-order chi connectivity index (χ1) is 13.6. The summed E-state index contributed by atoms with van der Waals surface area (Å²) in [7, 11) is 0. The Morgan fingerprint density at radius 3 is 2.54 bits per heavy atom. The van der Waals surface area contributed by atoms with Crippen molar-refractivity contribution in [2.45, 2.75) is 0 Å². The highest BCUT2D eigenvalue weighted by molar-refractivity contribution is 7.15. The van der Waals surface area contributed by atoms with E-state index in [9.17, 15) is 14.0 Å². The highest BCUT2D eigenvalue weighted by Crippen LogP contribution is 2.23. The third kappa shape index (κ3) is 3.91. The van der Waals surface area contributed by atoms with Crippen molar-refractivity contribution >= 4 is 33.8 Å². The first kappa shape index (κ1) is 17.9. The summed E-state index contributed by atoms with van der Waals surface area (Å²) >= 11 is 1.56. The monoisotopic (exact) mass is 394 g/mol. The number of nitrogens with one attached hydrogen (secondary N) is 2. The number of carbonyl (C=O) groups is 2. The lowest BCUT2D eigenvalue weighted by Gasteiger charge is -2.07. The number of benzene rings is 2. The smallest absolute Gasteiger partial charge is 0.251 e. The quantitative estimate of drug-likeness (QED) is 0.543. The summed E-state index contributed by atoms with van der Waals surface area (Å²) in [5, 5.41) is 7.20. The number of nitrogens with zero attached hydrogens (tertiary/aromatic N) is 2. The standard InChI is InChI=1S/C20H15FN4O2S/c21-15-5-1-14(2-6-15)19(27)22-11-18(26)23-16-7-3-13(4-8-16)17-12-25-9-10-28-20(25)24-17/h1-10,12H,11H2,(H,22,27)(H,23,26). The van der Waals surface area contributed by atoms with E-state index >= 15 is 0 Å². The minimum absolute atomic E-state index is 0.185. The predicted molar refractivity (Wildman–Crippen MR) is 106 cm³/mol. The molecular formula is C20H15FN4O2S. The summed E-state index contributed by atoms with van der Waals surface area (Å²) in [5.41, 5.74) is 2.71. The Balaban J connectivity index is 1.33. The lowest BCUT2D eigenvalue weighted by atomic mass is 10.1. The van der Waals surface area contributed by atoms with Crippen molar-refractivity contribution < 1.29 is 14.0 Å². The van der Waals surface area contributed by atoms with Gasteiger partial charge in [-0.1, -0.05) is 12.1 Å². The van der Waals surface area contributed by atoms with Crippen molar-refractivity contribution in [2.75, 3.05) is 11.9 Å². The zero-order chi connectivity index (χ0) is 19.5. The van der Waals surface area contributed by atoms with Gasteiger partial charge in [0.1, 0.15) is 5.82 Å². The zero-order valence-electron chi connectivity index (χ0n) is 14.6. The van der Waals surface area contributed by atoms with Crippen LogP contribution in [0.5, 0.6) is 0 Å². The van der Waals surface area contributed by atoms with Gasteiger partial charge in [-0.3, -0.25) is 14.0 Å². The number of halogens is 1. The first-order valence-corrected chi connectivity index (χ1v) is 9.33. The maximum absolute atomic E-state index is 12.9. The first-order valence-electron chi connectivity index (χ1n) is 8.45. The molecule has 0 aliphatic rings. The van der Waals surface area contributed by atoms with Crippen LogP contribution in [-0.4, -0.2) is 27.7 Å². The number of thiazole rings is 1. The van der Waals surface area contributed by atoms with Gasteiger partial charge in [0, 0.05) is 34.6 Å². The fourth-order valence-corrected chi connectivity index (χ4v) is 3.36. The lowest BCUT2D eigenvalue weighted by Crippen LogP contribution is -2.32. The molecule has 0 aliphatic carbocycles. The third-order valence-corrected chi connectivity index (χ3v) is 4.84. The molecule has 2 aromatic heterocycles. The summed E-state index contributed by atoms with van der Waals surface area (Å²) in [6, 6.07) is 12.4. The second kappa shape index (κ2) is 7.61. The van der Waals surface area contributed by atoms with Crippen LogP contribution in [0, 0.1) is 5.82 Å². The average Bonchev–Trinajstić information content (AvgIpc) is 3.29. The molecule has 4 rings (SSSR count). The minimum Gasteiger partial charge on any atom is -0.343 e. The molecule has 0 atom stereocenters. The maximum atomic E-state index is 12.9. The SMILES string of the molecule is O=C(CNC(=O)c1ccc(F)cc1)Nc1ccc(-c2cn3ccsc3n2)cc1. The van der Waals surface area contributed by atoms with E-state index in [1.807, 2.05) is 34.3 Å². The summed E-state index contributed by atoms with van der Waals surface area (Å²) in [6.45, 7) is -0.185. The molecule has 2 N–H and O–H groups in total. The Morgan fingerprint density at radius 2 is 1.82 bits per heavy atom. The van der Waals surface area contributed by atoms with Crippen LogP contribution in [0.1, 0.15) is 10.4 Å². The number of amides is 2. The van der Waals surface area contributed by atoms with Gasteiger partial charge < -0.3 is 10.6 Å². The molecule has 140 valence electrons. The highest BCUT2D eigenvalue weighted by Gasteiger charge is 2.09. The number of rotatable bonds is 5. The number of imidazole rings is 1. The second-order valence-corrected chi connectivity index (χ2v) is 6.91. The van der Waals surface area contributed by atoms with Crippen LogP contribution >= 0.6 is 11.3 Å². The van der Waals surface area contributed by atoms with E-state index in [1.165, 1.54) is 24.3 Å². The molecule has 28 heavy (non-hydrogen) atoms. The molecular weight excluding hydrogens is 379 g/mol. The molecule has 0 aliphatic heterocycles. The van der Waals surface area contributed by atoms with Crippen molar-refractivity contribution in [2.24, 2.45) is 0 Å². The molecule has 0 saturated carbocycles. The fourth-order valence-electron chi connectivity index (χ4n) is 2.66. The van der Waals surface area contributed by atoms with Gasteiger partial charge >= 0.3 is 0 Å². The Kier molecular flexibility index (Phi) is 4.86. The van der Waals surface area contributed by atoms with E-state index in [0.29, 0.717) is 11.3 Å². The maximum Gasteiger partial charge on any atom is 0.251 e. The van der Waals surface area contributed by atoms with Crippen LogP contribution in [-0.2, 0) is 4.79 Å². The molecule has 6 nitrogen and oxygen atoms in total. The number of fused-ring (bicyclic) bond motifs is 1. The Morgan fingerprint density at radius 1 is 1.07 bits per heavy atom. The van der Waals surface area contributed by atoms with Gasteiger partial charge in [-0.05, 0) is 36.4 Å². The zero-order valence-corrected chi connectivity index (χ0v) is 15.4. The molecule has 0 bridgehead atoms.